The third-order valence-electron chi connectivity index (χ3n) is 7.78. The van der Waals surface area contributed by atoms with E-state index >= 15 is 0 Å². The van der Waals surface area contributed by atoms with Gasteiger partial charge >= 0.3 is 0 Å². The van der Waals surface area contributed by atoms with Gasteiger partial charge in [0.05, 0.1) is 24.6 Å². The zero-order valence-corrected chi connectivity index (χ0v) is 27.6. The van der Waals surface area contributed by atoms with Crippen molar-refractivity contribution in [2.75, 3.05) is 26.7 Å². The van der Waals surface area contributed by atoms with E-state index in [0.717, 1.165) is 11.3 Å². The summed E-state index contributed by atoms with van der Waals surface area (Å²) in [5, 5.41) is 11.2. The molecule has 5 amide bonds. The number of nitrogens with one attached hydrogen (secondary N) is 4. The molecule has 0 radical (unpaired) electrons. The summed E-state index contributed by atoms with van der Waals surface area (Å²) in [7, 11) is 1.51. The Morgan fingerprint density at radius 3 is 2.40 bits per heavy atom. The van der Waals surface area contributed by atoms with E-state index in [4.69, 9.17) is 4.74 Å². The van der Waals surface area contributed by atoms with E-state index in [-0.39, 0.29) is 36.9 Å². The molecule has 3 atom stereocenters. The molecule has 0 aliphatic carbocycles. The number of aromatic nitrogens is 1. The first kappa shape index (κ1) is 35.6. The predicted molar refractivity (Wildman–Crippen MR) is 180 cm³/mol. The van der Waals surface area contributed by atoms with Gasteiger partial charge in [-0.1, -0.05) is 62.4 Å². The first-order chi connectivity index (χ1) is 23.1. The third kappa shape index (κ3) is 10.9. The fraction of sp³-hybridized carbons (Fsp3) is 0.389. The third-order valence-corrected chi connectivity index (χ3v) is 7.78. The summed E-state index contributed by atoms with van der Waals surface area (Å²) in [5.74, 6) is -2.35. The number of rotatable bonds is 8. The Morgan fingerprint density at radius 1 is 0.938 bits per heavy atom. The molecule has 1 aromatic heterocycles. The van der Waals surface area contributed by atoms with Crippen molar-refractivity contribution in [1.82, 2.24) is 31.2 Å². The summed E-state index contributed by atoms with van der Waals surface area (Å²) in [6.07, 6.45) is 2.43. The molecular weight excluding hydrogens is 612 g/mol. The Kier molecular flexibility index (Phi) is 13.1. The van der Waals surface area contributed by atoms with Gasteiger partial charge in [0.2, 0.25) is 23.6 Å². The number of hydrogen-bond donors (Lipinski definition) is 4. The maximum absolute atomic E-state index is 13.7. The Hall–Kier alpha value is -5.26. The monoisotopic (exact) mass is 656 g/mol. The molecule has 2 aromatic carbocycles. The van der Waals surface area contributed by atoms with E-state index in [9.17, 15) is 24.0 Å². The summed E-state index contributed by atoms with van der Waals surface area (Å²) in [6, 6.07) is 18.9. The van der Waals surface area contributed by atoms with Crippen LogP contribution in [0.4, 0.5) is 0 Å². The zero-order valence-electron chi connectivity index (χ0n) is 27.6. The number of fused-ring (bicyclic) bond motifs is 1. The van der Waals surface area contributed by atoms with Gasteiger partial charge in [-0.25, -0.2) is 0 Å². The zero-order chi connectivity index (χ0) is 34.5. The van der Waals surface area contributed by atoms with Crippen molar-refractivity contribution in [3.63, 3.8) is 0 Å². The number of carbonyl (C=O) groups is 5. The molecule has 4 rings (SSSR count). The molecule has 0 bridgehead atoms. The van der Waals surface area contributed by atoms with Gasteiger partial charge in [-0.15, -0.1) is 0 Å². The van der Waals surface area contributed by atoms with Crippen LogP contribution in [0, 0.1) is 5.92 Å². The lowest BCUT2D eigenvalue weighted by Gasteiger charge is -2.27. The summed E-state index contributed by atoms with van der Waals surface area (Å²) >= 11 is 0. The second-order valence-corrected chi connectivity index (χ2v) is 12.3. The summed E-state index contributed by atoms with van der Waals surface area (Å²) in [6.45, 7) is 3.84. The van der Waals surface area contributed by atoms with Crippen molar-refractivity contribution in [1.29, 1.82) is 0 Å². The van der Waals surface area contributed by atoms with Gasteiger partial charge in [-0.2, -0.15) is 0 Å². The van der Waals surface area contributed by atoms with Gasteiger partial charge in [0.25, 0.3) is 5.91 Å². The number of nitrogens with zero attached hydrogens (tertiary/aromatic N) is 2. The highest BCUT2D eigenvalue weighted by molar-refractivity contribution is 6.01. The molecule has 0 saturated carbocycles. The molecule has 0 fully saturated rings. The largest absolute Gasteiger partial charge is 0.491 e. The number of amides is 5. The molecule has 1 aliphatic rings. The molecule has 12 nitrogen and oxygen atoms in total. The van der Waals surface area contributed by atoms with Crippen molar-refractivity contribution in [2.45, 2.75) is 57.7 Å². The number of hydrogen-bond acceptors (Lipinski definition) is 7. The average Bonchev–Trinajstić information content (AvgIpc) is 3.06. The van der Waals surface area contributed by atoms with Crippen molar-refractivity contribution in [2.24, 2.45) is 5.92 Å². The lowest BCUT2D eigenvalue weighted by molar-refractivity contribution is -0.139. The second kappa shape index (κ2) is 17.6. The van der Waals surface area contributed by atoms with Crippen LogP contribution in [0.5, 0.6) is 5.75 Å². The molecular formula is C36H44N6O6. The predicted octanol–water partition coefficient (Wildman–Crippen LogP) is 2.04. The molecule has 1 aliphatic heterocycles. The molecule has 3 aromatic rings. The smallest absolute Gasteiger partial charge is 0.255 e. The molecule has 0 unspecified atom stereocenters. The van der Waals surface area contributed by atoms with Crippen LogP contribution in [0.15, 0.2) is 79.0 Å². The van der Waals surface area contributed by atoms with E-state index < -0.39 is 54.1 Å². The first-order valence-electron chi connectivity index (χ1n) is 16.2. The van der Waals surface area contributed by atoms with Crippen LogP contribution in [-0.2, 0) is 32.0 Å². The minimum absolute atomic E-state index is 0.0238. The van der Waals surface area contributed by atoms with Crippen LogP contribution in [0.1, 0.15) is 48.3 Å². The van der Waals surface area contributed by atoms with Gasteiger partial charge in [0, 0.05) is 31.9 Å². The maximum Gasteiger partial charge on any atom is 0.255 e. The van der Waals surface area contributed by atoms with Crippen LogP contribution < -0.4 is 26.0 Å². The number of benzene rings is 2. The molecule has 2 heterocycles. The van der Waals surface area contributed by atoms with Crippen LogP contribution in [-0.4, -0.2) is 84.3 Å². The highest BCUT2D eigenvalue weighted by Crippen LogP contribution is 2.19. The van der Waals surface area contributed by atoms with Crippen LogP contribution in [0.25, 0.3) is 0 Å². The van der Waals surface area contributed by atoms with Gasteiger partial charge in [-0.05, 0) is 48.6 Å². The van der Waals surface area contributed by atoms with Crippen molar-refractivity contribution >= 4 is 29.5 Å². The Balaban J connectivity index is 1.62. The van der Waals surface area contributed by atoms with Crippen molar-refractivity contribution in [3.05, 3.63) is 95.8 Å². The Bertz CT molecular complexity index is 1550. The fourth-order valence-electron chi connectivity index (χ4n) is 5.41. The quantitative estimate of drug-likeness (QED) is 0.289. The molecule has 0 spiro atoms. The van der Waals surface area contributed by atoms with Crippen molar-refractivity contribution in [3.8, 4) is 5.75 Å². The number of likely N-dealkylation sites (N-methyl/N-ethyl adjacent to an activating group) is 1. The minimum atomic E-state index is -1.26. The van der Waals surface area contributed by atoms with Gasteiger partial charge < -0.3 is 30.9 Å². The fourth-order valence-corrected chi connectivity index (χ4v) is 5.41. The van der Waals surface area contributed by atoms with E-state index in [1.165, 1.54) is 11.9 Å². The van der Waals surface area contributed by atoms with Crippen molar-refractivity contribution < 1.29 is 28.7 Å². The van der Waals surface area contributed by atoms with Gasteiger partial charge in [0.1, 0.15) is 24.4 Å². The van der Waals surface area contributed by atoms with E-state index in [0.29, 0.717) is 19.3 Å². The van der Waals surface area contributed by atoms with Crippen LogP contribution in [0.3, 0.4) is 0 Å². The lowest BCUT2D eigenvalue weighted by atomic mass is 10.0. The van der Waals surface area contributed by atoms with E-state index in [2.05, 4.69) is 26.3 Å². The Labute approximate surface area is 281 Å². The van der Waals surface area contributed by atoms with E-state index in [1.807, 2.05) is 56.3 Å². The molecule has 4 N–H and O–H groups in total. The molecule has 12 heteroatoms. The first-order valence-corrected chi connectivity index (χ1v) is 16.2. The van der Waals surface area contributed by atoms with Crippen LogP contribution >= 0.6 is 0 Å². The topological polar surface area (TPSA) is 159 Å². The number of ether oxygens (including phenoxy) is 1. The highest BCUT2D eigenvalue weighted by atomic mass is 16.5. The summed E-state index contributed by atoms with van der Waals surface area (Å²) in [5.41, 5.74) is 1.90. The number of carbonyl (C=O) groups excluding carboxylic acids is 5. The second-order valence-electron chi connectivity index (χ2n) is 12.3. The lowest BCUT2D eigenvalue weighted by Crippen LogP contribution is -2.53. The molecule has 254 valence electrons. The van der Waals surface area contributed by atoms with Gasteiger partial charge in [0.15, 0.2) is 0 Å². The molecule has 48 heavy (non-hydrogen) atoms. The Morgan fingerprint density at radius 2 is 1.67 bits per heavy atom. The van der Waals surface area contributed by atoms with Gasteiger partial charge in [-0.3, -0.25) is 29.0 Å². The summed E-state index contributed by atoms with van der Waals surface area (Å²) in [4.78, 5) is 72.8. The number of para-hydroxylation sites is 1. The SMILES string of the molecule is CC(C)C[C@H]1NC(=O)C[C@@H](C(=O)NCCc2ccccn2)NC(=O)c2ccccc2OC[C@@H](Cc2ccccc2)NC(=O)CN(C)C1=O. The molecule has 0 saturated heterocycles. The standard InChI is InChI=1S/C36H44N6O6/c1-24(2)19-30-36(47)42(3)22-33(44)39-27(20-25-11-5-4-6-12-25)23-48-31-15-8-7-14-28(31)34(45)41-29(21-32(43)40-30)35(46)38-18-16-26-13-9-10-17-37-26/h4-15,17,24,27,29-30H,16,18-23H2,1-3H3,(H,38,46)(H,39,44)(H,40,43)(H,41,45)/t27-,29+,30-/m1/s1. The number of pyridine rings is 1. The average molecular weight is 657 g/mol. The van der Waals surface area contributed by atoms with Crippen LogP contribution in [0.2, 0.25) is 0 Å². The minimum Gasteiger partial charge on any atom is -0.491 e. The normalized spacial score (nSPS) is 19.7. The summed E-state index contributed by atoms with van der Waals surface area (Å²) < 4.78 is 6.11. The highest BCUT2D eigenvalue weighted by Gasteiger charge is 2.31. The van der Waals surface area contributed by atoms with E-state index in [1.54, 1.807) is 36.5 Å². The maximum atomic E-state index is 13.7.